The zero-order chi connectivity index (χ0) is 10.5. The first-order valence-electron chi connectivity index (χ1n) is 4.28. The Hall–Kier alpha value is 0.294. The Morgan fingerprint density at radius 1 is 1.19 bits per heavy atom. The van der Waals surface area contributed by atoms with Gasteiger partial charge < -0.3 is 17.2 Å². The molecule has 0 aliphatic rings. The van der Waals surface area contributed by atoms with E-state index in [2.05, 4.69) is 10.6 Å². The molecule has 0 spiro atoms. The number of amides is 2. The standard InChI is InChI=1S/C8H20N4O.CH4.CH3.Y/c1-11(2)6-9-8(13)10-7-12(3,4)5;;;/h6-7H2,1-5H3,(H-,9,10,13);1H4;1H3;/q;;-1;/p+1. The van der Waals surface area contributed by atoms with Gasteiger partial charge in [0.05, 0.1) is 27.8 Å². The fraction of sp³-hybridized carbons (Fsp3) is 0.800. The second-order valence-electron chi connectivity index (χ2n) is 4.37. The fourth-order valence-electron chi connectivity index (χ4n) is 0.601. The minimum absolute atomic E-state index is 0. The quantitative estimate of drug-likeness (QED) is 0.453. The van der Waals surface area contributed by atoms with Gasteiger partial charge in [-0.1, -0.05) is 7.43 Å². The van der Waals surface area contributed by atoms with Crippen LogP contribution in [0.5, 0.6) is 0 Å². The molecule has 6 heteroatoms. The molecular formula is C10H28N4OY. The summed E-state index contributed by atoms with van der Waals surface area (Å²) < 4.78 is 0.718. The molecule has 0 aromatic heterocycles. The topological polar surface area (TPSA) is 44.4 Å². The van der Waals surface area contributed by atoms with Gasteiger partial charge >= 0.3 is 6.03 Å². The molecule has 0 rings (SSSR count). The Labute approximate surface area is 126 Å². The summed E-state index contributed by atoms with van der Waals surface area (Å²) in [6.45, 7) is 1.18. The first-order valence-corrected chi connectivity index (χ1v) is 4.28. The van der Waals surface area contributed by atoms with Crippen molar-refractivity contribution in [2.75, 3.05) is 48.6 Å². The van der Waals surface area contributed by atoms with Gasteiger partial charge in [0, 0.05) is 32.7 Å². The molecule has 0 atom stereocenters. The Morgan fingerprint density at radius 2 is 1.62 bits per heavy atom. The van der Waals surface area contributed by atoms with Crippen LogP contribution in [-0.4, -0.2) is 64.0 Å². The Bertz CT molecular complexity index is 169. The van der Waals surface area contributed by atoms with E-state index >= 15 is 0 Å². The second-order valence-corrected chi connectivity index (χ2v) is 4.37. The van der Waals surface area contributed by atoms with Crippen molar-refractivity contribution in [2.24, 2.45) is 0 Å². The third-order valence-corrected chi connectivity index (χ3v) is 1.27. The van der Waals surface area contributed by atoms with Crippen LogP contribution in [0.1, 0.15) is 7.43 Å². The number of urea groups is 1. The van der Waals surface area contributed by atoms with E-state index in [-0.39, 0.29) is 53.6 Å². The van der Waals surface area contributed by atoms with Crippen LogP contribution in [-0.2, 0) is 32.7 Å². The van der Waals surface area contributed by atoms with E-state index in [0.29, 0.717) is 13.3 Å². The molecule has 0 heterocycles. The molecule has 16 heavy (non-hydrogen) atoms. The smallest absolute Gasteiger partial charge is 0.320 e. The zero-order valence-electron chi connectivity index (χ0n) is 10.8. The number of hydrogen-bond acceptors (Lipinski definition) is 2. The van der Waals surface area contributed by atoms with E-state index in [1.54, 1.807) is 0 Å². The molecular weight excluding hydrogens is 281 g/mol. The minimum atomic E-state index is -0.123. The first kappa shape index (κ1) is 25.2. The average molecular weight is 309 g/mol. The summed E-state index contributed by atoms with van der Waals surface area (Å²) in [7, 11) is 9.87. The van der Waals surface area contributed by atoms with E-state index in [4.69, 9.17) is 0 Å². The van der Waals surface area contributed by atoms with Gasteiger partial charge in [-0.05, 0) is 14.1 Å². The van der Waals surface area contributed by atoms with Crippen LogP contribution in [0.4, 0.5) is 4.79 Å². The molecule has 2 amide bonds. The van der Waals surface area contributed by atoms with Crippen molar-refractivity contribution in [1.29, 1.82) is 0 Å². The Morgan fingerprint density at radius 3 is 1.94 bits per heavy atom. The van der Waals surface area contributed by atoms with E-state index in [9.17, 15) is 4.79 Å². The SMILES string of the molecule is C.CN(C)CNC(=O)NC[N+](C)(C)C.[CH3-].[Y]. The number of nitrogens with zero attached hydrogens (tertiary/aromatic N) is 2. The zero-order valence-corrected chi connectivity index (χ0v) is 13.6. The molecule has 0 saturated carbocycles. The Kier molecular flexibility index (Phi) is 18.5. The first-order chi connectivity index (χ1) is 5.81. The van der Waals surface area contributed by atoms with Crippen LogP contribution in [0.3, 0.4) is 0 Å². The summed E-state index contributed by atoms with van der Waals surface area (Å²) >= 11 is 0. The van der Waals surface area contributed by atoms with E-state index in [1.807, 2.05) is 40.1 Å². The molecule has 1 radical (unpaired) electrons. The number of hydrogen-bond donors (Lipinski definition) is 2. The van der Waals surface area contributed by atoms with E-state index in [0.717, 1.165) is 4.48 Å². The minimum Gasteiger partial charge on any atom is -0.358 e. The van der Waals surface area contributed by atoms with Gasteiger partial charge in [-0.15, -0.1) is 0 Å². The third kappa shape index (κ3) is 19.8. The summed E-state index contributed by atoms with van der Waals surface area (Å²) in [4.78, 5) is 13.0. The Balaban J connectivity index is -0.000000240. The molecule has 0 saturated heterocycles. The second kappa shape index (κ2) is 11.8. The summed E-state index contributed by atoms with van der Waals surface area (Å²) in [5.74, 6) is 0. The van der Waals surface area contributed by atoms with Gasteiger partial charge in [0.1, 0.15) is 0 Å². The number of rotatable bonds is 4. The van der Waals surface area contributed by atoms with Crippen molar-refractivity contribution < 1.29 is 42.0 Å². The molecule has 0 aromatic rings. The predicted molar refractivity (Wildman–Crippen MR) is 66.3 cm³/mol. The van der Waals surface area contributed by atoms with Gasteiger partial charge in [0.15, 0.2) is 6.67 Å². The third-order valence-electron chi connectivity index (χ3n) is 1.27. The number of carbonyl (C=O) groups is 1. The summed E-state index contributed by atoms with van der Waals surface area (Å²) in [5.41, 5.74) is 0. The van der Waals surface area contributed by atoms with Gasteiger partial charge in [-0.3, -0.25) is 10.2 Å². The van der Waals surface area contributed by atoms with Gasteiger partial charge in [-0.2, -0.15) is 0 Å². The van der Waals surface area contributed by atoms with E-state index in [1.165, 1.54) is 0 Å². The number of quaternary nitrogens is 1. The average Bonchev–Trinajstić information content (AvgIpc) is 1.95. The van der Waals surface area contributed by atoms with Gasteiger partial charge in [-0.25, -0.2) is 4.79 Å². The fourth-order valence-corrected chi connectivity index (χ4v) is 0.601. The van der Waals surface area contributed by atoms with Crippen molar-refractivity contribution in [2.45, 2.75) is 7.43 Å². The number of carbonyl (C=O) groups excluding carboxylic acids is 1. The maximum absolute atomic E-state index is 11.1. The van der Waals surface area contributed by atoms with Crippen LogP contribution in [0.2, 0.25) is 0 Å². The van der Waals surface area contributed by atoms with Gasteiger partial charge in [0.25, 0.3) is 0 Å². The van der Waals surface area contributed by atoms with Crippen molar-refractivity contribution in [1.82, 2.24) is 15.5 Å². The van der Waals surface area contributed by atoms with Crippen molar-refractivity contribution >= 4 is 6.03 Å². The molecule has 0 bridgehead atoms. The van der Waals surface area contributed by atoms with Crippen molar-refractivity contribution in [3.05, 3.63) is 7.43 Å². The largest absolute Gasteiger partial charge is 0.358 e. The van der Waals surface area contributed by atoms with Crippen LogP contribution in [0.25, 0.3) is 0 Å². The van der Waals surface area contributed by atoms with Crippen LogP contribution >= 0.6 is 0 Å². The summed E-state index contributed by atoms with van der Waals surface area (Å²) in [6, 6.07) is -0.123. The normalized spacial score (nSPS) is 9.38. The van der Waals surface area contributed by atoms with Crippen molar-refractivity contribution in [3.63, 3.8) is 0 Å². The maximum atomic E-state index is 11.1. The predicted octanol–water partition coefficient (Wildman–Crippen LogP) is 0.552. The van der Waals surface area contributed by atoms with Gasteiger partial charge in [0.2, 0.25) is 0 Å². The van der Waals surface area contributed by atoms with Crippen LogP contribution < -0.4 is 10.6 Å². The van der Waals surface area contributed by atoms with Crippen LogP contribution in [0, 0.1) is 7.43 Å². The molecule has 97 valence electrons. The van der Waals surface area contributed by atoms with Crippen LogP contribution in [0.15, 0.2) is 0 Å². The molecule has 0 fully saturated rings. The van der Waals surface area contributed by atoms with E-state index < -0.39 is 0 Å². The summed E-state index contributed by atoms with van der Waals surface area (Å²) in [5, 5.41) is 5.49. The molecule has 0 aromatic carbocycles. The summed E-state index contributed by atoms with van der Waals surface area (Å²) in [6.07, 6.45) is 0. The monoisotopic (exact) mass is 309 g/mol. The molecule has 2 N–H and O–H groups in total. The number of nitrogens with one attached hydrogen (secondary N) is 2. The molecule has 5 nitrogen and oxygen atoms in total. The van der Waals surface area contributed by atoms with Crippen molar-refractivity contribution in [3.8, 4) is 0 Å². The molecule has 0 unspecified atom stereocenters. The molecule has 0 aliphatic heterocycles. The maximum Gasteiger partial charge on any atom is 0.320 e. The molecule has 0 aliphatic carbocycles.